The zero-order valence-corrected chi connectivity index (χ0v) is 10.7. The van der Waals surface area contributed by atoms with Gasteiger partial charge in [-0.3, -0.25) is 9.69 Å². The van der Waals surface area contributed by atoms with Crippen LogP contribution in [0.5, 0.6) is 0 Å². The summed E-state index contributed by atoms with van der Waals surface area (Å²) in [5.41, 5.74) is -0.362. The molecule has 1 aliphatic heterocycles. The highest BCUT2D eigenvalue weighted by molar-refractivity contribution is 8.23. The lowest BCUT2D eigenvalue weighted by molar-refractivity contribution is -0.137. The summed E-state index contributed by atoms with van der Waals surface area (Å²) in [5.74, 6) is 0.438. The van der Waals surface area contributed by atoms with E-state index in [1.54, 1.807) is 0 Å². The fourth-order valence-corrected chi connectivity index (χ4v) is 2.80. The number of halogens is 3. The Kier molecular flexibility index (Phi) is 3.63. The molecule has 7 heteroatoms. The molecule has 0 radical (unpaired) electrons. The molecule has 1 saturated heterocycles. The average Bonchev–Trinajstić information content (AvgIpc) is 2.28. The molecule has 1 aromatic rings. The van der Waals surface area contributed by atoms with Crippen molar-refractivity contribution >= 4 is 39.9 Å². The molecular formula is C11H8F3NOS2. The van der Waals surface area contributed by atoms with Crippen LogP contribution in [-0.2, 0) is 11.0 Å². The highest BCUT2D eigenvalue weighted by Crippen LogP contribution is 2.32. The molecule has 0 saturated carbocycles. The molecule has 0 atom stereocenters. The maximum Gasteiger partial charge on any atom is 0.416 e. The second-order valence-corrected chi connectivity index (χ2v) is 5.37. The van der Waals surface area contributed by atoms with Crippen molar-refractivity contribution in [3.05, 3.63) is 29.8 Å². The van der Waals surface area contributed by atoms with Gasteiger partial charge in [0.1, 0.15) is 4.32 Å². The zero-order chi connectivity index (χ0) is 13.3. The quantitative estimate of drug-likeness (QED) is 0.739. The smallest absolute Gasteiger partial charge is 0.274 e. The first-order valence-electron chi connectivity index (χ1n) is 5.06. The number of alkyl halides is 3. The van der Waals surface area contributed by atoms with Gasteiger partial charge in [0, 0.05) is 12.2 Å². The van der Waals surface area contributed by atoms with Crippen molar-refractivity contribution in [1.29, 1.82) is 0 Å². The van der Waals surface area contributed by atoms with Gasteiger partial charge in [-0.2, -0.15) is 13.2 Å². The van der Waals surface area contributed by atoms with Crippen molar-refractivity contribution < 1.29 is 18.0 Å². The molecule has 1 amide bonds. The lowest BCUT2D eigenvalue weighted by atomic mass is 10.2. The first kappa shape index (κ1) is 13.4. The Balaban J connectivity index is 2.29. The minimum atomic E-state index is -4.38. The van der Waals surface area contributed by atoms with Crippen molar-refractivity contribution in [2.75, 3.05) is 10.7 Å². The highest BCUT2D eigenvalue weighted by Gasteiger charge is 2.31. The van der Waals surface area contributed by atoms with E-state index in [1.807, 2.05) is 0 Å². The summed E-state index contributed by atoms with van der Waals surface area (Å²) in [6, 6.07) is 4.42. The molecule has 0 aliphatic carbocycles. The number of carbonyl (C=O) groups excluding carboxylic acids is 1. The molecule has 96 valence electrons. The van der Waals surface area contributed by atoms with E-state index < -0.39 is 11.7 Å². The van der Waals surface area contributed by atoms with Crippen LogP contribution < -0.4 is 4.90 Å². The van der Waals surface area contributed by atoms with Crippen LogP contribution in [0, 0.1) is 0 Å². The SMILES string of the molecule is O=C1CCSC(=S)N1c1ccc(C(F)(F)F)cc1. The normalized spacial score (nSPS) is 17.2. The van der Waals surface area contributed by atoms with E-state index in [1.165, 1.54) is 28.8 Å². The Morgan fingerprint density at radius 1 is 1.22 bits per heavy atom. The number of hydrogen-bond donors (Lipinski definition) is 0. The number of thioether (sulfide) groups is 1. The summed E-state index contributed by atoms with van der Waals surface area (Å²) in [6.07, 6.45) is -4.04. The van der Waals surface area contributed by atoms with Gasteiger partial charge in [0.05, 0.1) is 11.3 Å². The van der Waals surface area contributed by atoms with Crippen molar-refractivity contribution in [2.24, 2.45) is 0 Å². The Morgan fingerprint density at radius 3 is 2.33 bits per heavy atom. The molecule has 0 bridgehead atoms. The number of rotatable bonds is 1. The van der Waals surface area contributed by atoms with E-state index in [0.29, 0.717) is 22.2 Å². The molecule has 0 spiro atoms. The van der Waals surface area contributed by atoms with Gasteiger partial charge in [-0.15, -0.1) is 0 Å². The van der Waals surface area contributed by atoms with E-state index in [2.05, 4.69) is 0 Å². The maximum absolute atomic E-state index is 12.4. The van der Waals surface area contributed by atoms with E-state index in [0.717, 1.165) is 12.1 Å². The van der Waals surface area contributed by atoms with Gasteiger partial charge >= 0.3 is 6.18 Å². The van der Waals surface area contributed by atoms with Gasteiger partial charge in [-0.1, -0.05) is 24.0 Å². The van der Waals surface area contributed by atoms with Crippen LogP contribution in [0.2, 0.25) is 0 Å². The van der Waals surface area contributed by atoms with Crippen molar-refractivity contribution in [3.63, 3.8) is 0 Å². The lowest BCUT2D eigenvalue weighted by Gasteiger charge is -2.26. The van der Waals surface area contributed by atoms with Gasteiger partial charge in [-0.25, -0.2) is 0 Å². The molecule has 2 rings (SSSR count). The molecule has 2 nitrogen and oxygen atoms in total. The van der Waals surface area contributed by atoms with Gasteiger partial charge in [0.25, 0.3) is 0 Å². The predicted molar refractivity (Wildman–Crippen MR) is 68.6 cm³/mol. The van der Waals surface area contributed by atoms with Crippen LogP contribution in [0.1, 0.15) is 12.0 Å². The van der Waals surface area contributed by atoms with Crippen LogP contribution in [0.4, 0.5) is 18.9 Å². The van der Waals surface area contributed by atoms with Crippen LogP contribution in [-0.4, -0.2) is 16.0 Å². The van der Waals surface area contributed by atoms with Gasteiger partial charge in [0.15, 0.2) is 0 Å². The van der Waals surface area contributed by atoms with Crippen molar-refractivity contribution in [2.45, 2.75) is 12.6 Å². The van der Waals surface area contributed by atoms with Gasteiger partial charge in [0.2, 0.25) is 5.91 Å². The molecule has 0 aromatic heterocycles. The van der Waals surface area contributed by atoms with E-state index in [-0.39, 0.29) is 5.91 Å². The molecule has 0 N–H and O–H groups in total. The maximum atomic E-state index is 12.4. The molecular weight excluding hydrogens is 283 g/mol. The largest absolute Gasteiger partial charge is 0.416 e. The minimum absolute atomic E-state index is 0.182. The van der Waals surface area contributed by atoms with E-state index >= 15 is 0 Å². The first-order valence-corrected chi connectivity index (χ1v) is 6.46. The summed E-state index contributed by atoms with van der Waals surface area (Å²) < 4.78 is 37.6. The first-order chi connectivity index (χ1) is 8.39. The third-order valence-corrected chi connectivity index (χ3v) is 3.80. The summed E-state index contributed by atoms with van der Waals surface area (Å²) in [6.45, 7) is 0. The third kappa shape index (κ3) is 2.67. The number of amides is 1. The second-order valence-electron chi connectivity index (χ2n) is 3.64. The number of nitrogens with zero attached hydrogens (tertiary/aromatic N) is 1. The Labute approximate surface area is 111 Å². The van der Waals surface area contributed by atoms with Crippen molar-refractivity contribution in [3.8, 4) is 0 Å². The van der Waals surface area contributed by atoms with E-state index in [9.17, 15) is 18.0 Å². The van der Waals surface area contributed by atoms with Gasteiger partial charge < -0.3 is 0 Å². The molecule has 1 heterocycles. The molecule has 0 unspecified atom stereocenters. The lowest BCUT2D eigenvalue weighted by Crippen LogP contribution is -2.37. The van der Waals surface area contributed by atoms with Crippen molar-refractivity contribution in [1.82, 2.24) is 0 Å². The average molecular weight is 291 g/mol. The number of hydrogen-bond acceptors (Lipinski definition) is 3. The topological polar surface area (TPSA) is 20.3 Å². The number of thiocarbonyl (C=S) groups is 1. The molecule has 1 aliphatic rings. The fourth-order valence-electron chi connectivity index (χ4n) is 1.55. The summed E-state index contributed by atoms with van der Waals surface area (Å²) in [4.78, 5) is 13.0. The second kappa shape index (κ2) is 4.89. The molecule has 1 aromatic carbocycles. The standard InChI is InChI=1S/C11H8F3NOS2/c12-11(13,14)7-1-3-8(4-2-7)15-9(16)5-6-18-10(15)17/h1-4H,5-6H2. The zero-order valence-electron chi connectivity index (χ0n) is 9.03. The molecule has 18 heavy (non-hydrogen) atoms. The fraction of sp³-hybridized carbons (Fsp3) is 0.273. The van der Waals surface area contributed by atoms with Crippen LogP contribution >= 0.6 is 24.0 Å². The van der Waals surface area contributed by atoms with Crippen LogP contribution in [0.25, 0.3) is 0 Å². The Morgan fingerprint density at radius 2 is 1.83 bits per heavy atom. The number of carbonyl (C=O) groups is 1. The Bertz CT molecular complexity index is 468. The molecule has 1 fully saturated rings. The van der Waals surface area contributed by atoms with Crippen LogP contribution in [0.15, 0.2) is 24.3 Å². The predicted octanol–water partition coefficient (Wildman–Crippen LogP) is 3.46. The summed E-state index contributed by atoms with van der Waals surface area (Å²) in [5, 5.41) is 0. The minimum Gasteiger partial charge on any atom is -0.274 e. The third-order valence-electron chi connectivity index (χ3n) is 2.43. The van der Waals surface area contributed by atoms with E-state index in [4.69, 9.17) is 12.2 Å². The van der Waals surface area contributed by atoms with Crippen LogP contribution in [0.3, 0.4) is 0 Å². The monoisotopic (exact) mass is 291 g/mol. The number of benzene rings is 1. The Hall–Kier alpha value is -1.08. The number of anilines is 1. The van der Waals surface area contributed by atoms with Gasteiger partial charge in [-0.05, 0) is 24.3 Å². The summed E-state index contributed by atoms with van der Waals surface area (Å²) in [7, 11) is 0. The highest BCUT2D eigenvalue weighted by atomic mass is 32.2. The summed E-state index contributed by atoms with van der Waals surface area (Å²) >= 11 is 6.39.